The van der Waals surface area contributed by atoms with Crippen LogP contribution in [0.25, 0.3) is 0 Å². The highest BCUT2D eigenvalue weighted by Crippen LogP contribution is 2.27. The van der Waals surface area contributed by atoms with Gasteiger partial charge in [-0.15, -0.1) is 0 Å². The molecule has 0 aliphatic carbocycles. The van der Waals surface area contributed by atoms with Crippen molar-refractivity contribution in [1.29, 1.82) is 0 Å². The predicted octanol–water partition coefficient (Wildman–Crippen LogP) is 3.53. The number of amides is 3. The number of carbonyl (C=O) groups is 3. The zero-order valence-corrected chi connectivity index (χ0v) is 17.7. The van der Waals surface area contributed by atoms with Crippen LogP contribution < -0.4 is 15.4 Å². The molecule has 30 heavy (non-hydrogen) atoms. The maximum absolute atomic E-state index is 12.8. The fourth-order valence-corrected chi connectivity index (χ4v) is 3.43. The lowest BCUT2D eigenvalue weighted by Gasteiger charge is -2.31. The van der Waals surface area contributed by atoms with Gasteiger partial charge in [-0.2, -0.15) is 0 Å². The van der Waals surface area contributed by atoms with Crippen LogP contribution >= 0.6 is 0 Å². The Labute approximate surface area is 176 Å². The number of methoxy groups -OCH3 is 1. The first-order valence-electron chi connectivity index (χ1n) is 9.85. The molecule has 0 saturated carbocycles. The molecular formula is C23H27N3O4. The summed E-state index contributed by atoms with van der Waals surface area (Å²) in [4.78, 5) is 39.6. The van der Waals surface area contributed by atoms with Crippen molar-refractivity contribution in [2.45, 2.75) is 32.7 Å². The molecule has 7 nitrogen and oxygen atoms in total. The van der Waals surface area contributed by atoms with Crippen molar-refractivity contribution >= 4 is 29.1 Å². The van der Waals surface area contributed by atoms with E-state index in [1.165, 1.54) is 0 Å². The Bertz CT molecular complexity index is 948. The summed E-state index contributed by atoms with van der Waals surface area (Å²) < 4.78 is 5.12. The molecule has 0 spiro atoms. The van der Waals surface area contributed by atoms with E-state index >= 15 is 0 Å². The SMILES string of the molecule is COc1ccc(NC(=O)c2ccccc2NC(=O)C2CC(=O)N(C(C)(C)C)C2)cc1. The van der Waals surface area contributed by atoms with Gasteiger partial charge >= 0.3 is 0 Å². The molecule has 1 unspecified atom stereocenters. The summed E-state index contributed by atoms with van der Waals surface area (Å²) in [5.41, 5.74) is 1.04. The Morgan fingerprint density at radius 3 is 2.30 bits per heavy atom. The van der Waals surface area contributed by atoms with E-state index in [1.54, 1.807) is 60.5 Å². The minimum absolute atomic E-state index is 0.0341. The van der Waals surface area contributed by atoms with Crippen LogP contribution in [0.5, 0.6) is 5.75 Å². The van der Waals surface area contributed by atoms with Gasteiger partial charge in [-0.1, -0.05) is 12.1 Å². The fraction of sp³-hybridized carbons (Fsp3) is 0.348. The number of nitrogens with one attached hydrogen (secondary N) is 2. The zero-order chi connectivity index (χ0) is 21.9. The minimum atomic E-state index is -0.450. The van der Waals surface area contributed by atoms with Crippen LogP contribution in [0.1, 0.15) is 37.6 Å². The van der Waals surface area contributed by atoms with Crippen LogP contribution in [0.2, 0.25) is 0 Å². The average molecular weight is 409 g/mol. The Hall–Kier alpha value is -3.35. The first-order chi connectivity index (χ1) is 14.2. The molecule has 3 amide bonds. The second-order valence-corrected chi connectivity index (χ2v) is 8.29. The van der Waals surface area contributed by atoms with Crippen molar-refractivity contribution in [1.82, 2.24) is 4.90 Å². The van der Waals surface area contributed by atoms with Crippen LogP contribution in [-0.2, 0) is 9.59 Å². The van der Waals surface area contributed by atoms with Crippen LogP contribution in [-0.4, -0.2) is 41.8 Å². The molecule has 7 heteroatoms. The number of ether oxygens (including phenoxy) is 1. The Kier molecular flexibility index (Phi) is 6.10. The second kappa shape index (κ2) is 8.57. The van der Waals surface area contributed by atoms with Crippen LogP contribution in [0, 0.1) is 5.92 Å². The summed E-state index contributed by atoms with van der Waals surface area (Å²) in [5.74, 6) is -0.395. The number of nitrogens with zero attached hydrogens (tertiary/aromatic N) is 1. The van der Waals surface area contributed by atoms with Gasteiger partial charge < -0.3 is 20.3 Å². The zero-order valence-electron chi connectivity index (χ0n) is 17.7. The summed E-state index contributed by atoms with van der Waals surface area (Å²) in [6, 6.07) is 13.8. The van der Waals surface area contributed by atoms with Crippen molar-refractivity contribution in [2.75, 3.05) is 24.3 Å². The summed E-state index contributed by atoms with van der Waals surface area (Å²) in [7, 11) is 1.57. The van der Waals surface area contributed by atoms with Gasteiger partial charge in [0.1, 0.15) is 5.75 Å². The minimum Gasteiger partial charge on any atom is -0.497 e. The van der Waals surface area contributed by atoms with E-state index in [1.807, 2.05) is 20.8 Å². The maximum atomic E-state index is 12.8. The van der Waals surface area contributed by atoms with Gasteiger partial charge in [0.15, 0.2) is 0 Å². The molecule has 3 rings (SSSR count). The molecule has 158 valence electrons. The van der Waals surface area contributed by atoms with Gasteiger partial charge in [-0.05, 0) is 57.2 Å². The molecule has 1 saturated heterocycles. The van der Waals surface area contributed by atoms with E-state index < -0.39 is 5.92 Å². The van der Waals surface area contributed by atoms with Gasteiger partial charge in [0.05, 0.1) is 24.3 Å². The molecule has 0 bridgehead atoms. The quantitative estimate of drug-likeness (QED) is 0.791. The normalized spacial score (nSPS) is 16.3. The summed E-state index contributed by atoms with van der Waals surface area (Å²) >= 11 is 0. The topological polar surface area (TPSA) is 87.7 Å². The second-order valence-electron chi connectivity index (χ2n) is 8.29. The Morgan fingerprint density at radius 2 is 1.70 bits per heavy atom. The van der Waals surface area contributed by atoms with Crippen molar-refractivity contribution in [3.05, 3.63) is 54.1 Å². The predicted molar refractivity (Wildman–Crippen MR) is 116 cm³/mol. The highest BCUT2D eigenvalue weighted by Gasteiger charge is 2.39. The monoisotopic (exact) mass is 409 g/mol. The van der Waals surface area contributed by atoms with Gasteiger partial charge in [-0.25, -0.2) is 0 Å². The maximum Gasteiger partial charge on any atom is 0.257 e. The number of likely N-dealkylation sites (tertiary alicyclic amines) is 1. The largest absolute Gasteiger partial charge is 0.497 e. The van der Waals surface area contributed by atoms with Crippen molar-refractivity contribution in [3.63, 3.8) is 0 Å². The van der Waals surface area contributed by atoms with E-state index in [-0.39, 0.29) is 29.7 Å². The summed E-state index contributed by atoms with van der Waals surface area (Å²) in [6.45, 7) is 6.21. The molecule has 2 N–H and O–H groups in total. The number of hydrogen-bond donors (Lipinski definition) is 2. The van der Waals surface area contributed by atoms with E-state index in [2.05, 4.69) is 10.6 Å². The molecule has 1 aliphatic heterocycles. The van der Waals surface area contributed by atoms with Crippen LogP contribution in [0.3, 0.4) is 0 Å². The van der Waals surface area contributed by atoms with Gasteiger partial charge in [0.25, 0.3) is 5.91 Å². The third-order valence-electron chi connectivity index (χ3n) is 5.08. The molecule has 2 aromatic carbocycles. The molecule has 1 aliphatic rings. The molecule has 1 atom stereocenters. The van der Waals surface area contributed by atoms with Gasteiger partial charge in [-0.3, -0.25) is 14.4 Å². The first-order valence-corrected chi connectivity index (χ1v) is 9.85. The number of rotatable bonds is 5. The molecule has 0 aromatic heterocycles. The number of para-hydroxylation sites is 1. The smallest absolute Gasteiger partial charge is 0.257 e. The molecule has 1 heterocycles. The average Bonchev–Trinajstić information content (AvgIpc) is 3.11. The molecule has 2 aromatic rings. The van der Waals surface area contributed by atoms with Crippen molar-refractivity contribution in [2.24, 2.45) is 5.92 Å². The van der Waals surface area contributed by atoms with Crippen LogP contribution in [0.4, 0.5) is 11.4 Å². The van der Waals surface area contributed by atoms with Crippen LogP contribution in [0.15, 0.2) is 48.5 Å². The highest BCUT2D eigenvalue weighted by atomic mass is 16.5. The molecular weight excluding hydrogens is 382 g/mol. The number of benzene rings is 2. The summed E-state index contributed by atoms with van der Waals surface area (Å²) in [5, 5.41) is 5.65. The fourth-order valence-electron chi connectivity index (χ4n) is 3.43. The van der Waals surface area contributed by atoms with Crippen molar-refractivity contribution < 1.29 is 19.1 Å². The Morgan fingerprint density at radius 1 is 1.03 bits per heavy atom. The Balaban J connectivity index is 1.71. The lowest BCUT2D eigenvalue weighted by molar-refractivity contribution is -0.131. The number of hydrogen-bond acceptors (Lipinski definition) is 4. The lowest BCUT2D eigenvalue weighted by Crippen LogP contribution is -2.42. The van der Waals surface area contributed by atoms with Gasteiger partial charge in [0.2, 0.25) is 11.8 Å². The van der Waals surface area contributed by atoms with E-state index in [9.17, 15) is 14.4 Å². The van der Waals surface area contributed by atoms with Crippen molar-refractivity contribution in [3.8, 4) is 5.75 Å². The molecule has 1 fully saturated rings. The number of anilines is 2. The standard InChI is InChI=1S/C23H27N3O4/c1-23(2,3)26-14-15(13-20(26)27)21(28)25-19-8-6-5-7-18(19)22(29)24-16-9-11-17(30-4)12-10-16/h5-12,15H,13-14H2,1-4H3,(H,24,29)(H,25,28). The number of carbonyl (C=O) groups excluding carboxylic acids is 3. The highest BCUT2D eigenvalue weighted by molar-refractivity contribution is 6.10. The third-order valence-corrected chi connectivity index (χ3v) is 5.08. The summed E-state index contributed by atoms with van der Waals surface area (Å²) in [6.07, 6.45) is 0.170. The van der Waals surface area contributed by atoms with E-state index in [0.29, 0.717) is 29.2 Å². The lowest BCUT2D eigenvalue weighted by atomic mass is 10.1. The first kappa shape index (κ1) is 21.4. The van der Waals surface area contributed by atoms with E-state index in [4.69, 9.17) is 4.74 Å². The van der Waals surface area contributed by atoms with E-state index in [0.717, 1.165) is 0 Å². The third kappa shape index (κ3) is 4.79. The molecule has 0 radical (unpaired) electrons. The van der Waals surface area contributed by atoms with Gasteiger partial charge in [0, 0.05) is 24.2 Å².